The Kier molecular flexibility index (Phi) is 7.36. The molecule has 7 nitrogen and oxygen atoms in total. The molecule has 2 atom stereocenters. The quantitative estimate of drug-likeness (QED) is 0.712. The standard InChI is InChI=1S/C21H24N4O3.ClH/c1-13(26)23-17-8-16(9-18(10-17)24-14(2)27)21(28)25-11-19(20(22)12-25)15-6-4-3-5-7-15;/h3-10,19-20H,11-12,22H2,1-2H3,(H,23,26)(H,24,27);1H/t19-,20+;/m0./s1. The Morgan fingerprint density at radius 3 is 2.00 bits per heavy atom. The summed E-state index contributed by atoms with van der Waals surface area (Å²) in [4.78, 5) is 37.6. The van der Waals surface area contributed by atoms with E-state index in [-0.39, 0.29) is 42.1 Å². The molecule has 1 saturated heterocycles. The summed E-state index contributed by atoms with van der Waals surface area (Å²) in [6.07, 6.45) is 0. The summed E-state index contributed by atoms with van der Waals surface area (Å²) in [6.45, 7) is 3.73. The van der Waals surface area contributed by atoms with Gasteiger partial charge in [-0.05, 0) is 23.8 Å². The minimum atomic E-state index is -0.259. The number of nitrogens with one attached hydrogen (secondary N) is 2. The number of likely N-dealkylation sites (tertiary alicyclic amines) is 1. The molecular weight excluding hydrogens is 392 g/mol. The maximum absolute atomic E-state index is 13.1. The maximum Gasteiger partial charge on any atom is 0.254 e. The summed E-state index contributed by atoms with van der Waals surface area (Å²) >= 11 is 0. The first kappa shape index (κ1) is 22.4. The lowest BCUT2D eigenvalue weighted by molar-refractivity contribution is -0.115. The van der Waals surface area contributed by atoms with Crippen LogP contribution < -0.4 is 16.4 Å². The van der Waals surface area contributed by atoms with Gasteiger partial charge in [0.25, 0.3) is 5.91 Å². The third-order valence-corrected chi connectivity index (χ3v) is 4.70. The second-order valence-corrected chi connectivity index (χ2v) is 7.05. The zero-order valence-corrected chi connectivity index (χ0v) is 17.2. The van der Waals surface area contributed by atoms with Crippen LogP contribution in [-0.2, 0) is 9.59 Å². The van der Waals surface area contributed by atoms with Gasteiger partial charge in [-0.15, -0.1) is 12.4 Å². The average Bonchev–Trinajstić information content (AvgIpc) is 3.02. The number of benzene rings is 2. The number of hydrogen-bond donors (Lipinski definition) is 3. The summed E-state index contributed by atoms with van der Waals surface area (Å²) in [5.74, 6) is -0.636. The van der Waals surface area contributed by atoms with Gasteiger partial charge >= 0.3 is 0 Å². The van der Waals surface area contributed by atoms with E-state index in [1.54, 1.807) is 23.1 Å². The molecule has 4 N–H and O–H groups in total. The Labute approximate surface area is 176 Å². The predicted molar refractivity (Wildman–Crippen MR) is 115 cm³/mol. The van der Waals surface area contributed by atoms with Crippen molar-refractivity contribution in [2.75, 3.05) is 23.7 Å². The monoisotopic (exact) mass is 416 g/mol. The third-order valence-electron chi connectivity index (χ3n) is 4.70. The summed E-state index contributed by atoms with van der Waals surface area (Å²) in [7, 11) is 0. The van der Waals surface area contributed by atoms with E-state index in [0.29, 0.717) is 30.0 Å². The highest BCUT2D eigenvalue weighted by Crippen LogP contribution is 2.28. The molecule has 1 fully saturated rings. The van der Waals surface area contributed by atoms with Gasteiger partial charge in [-0.2, -0.15) is 0 Å². The number of carbonyl (C=O) groups is 3. The molecule has 154 valence electrons. The van der Waals surface area contributed by atoms with Crippen molar-refractivity contribution < 1.29 is 14.4 Å². The van der Waals surface area contributed by atoms with E-state index in [0.717, 1.165) is 5.56 Å². The van der Waals surface area contributed by atoms with Crippen LogP contribution in [0.15, 0.2) is 48.5 Å². The van der Waals surface area contributed by atoms with E-state index in [1.807, 2.05) is 30.3 Å². The topological polar surface area (TPSA) is 105 Å². The highest BCUT2D eigenvalue weighted by molar-refractivity contribution is 6.00. The molecule has 0 radical (unpaired) electrons. The van der Waals surface area contributed by atoms with E-state index in [4.69, 9.17) is 5.73 Å². The molecule has 0 aromatic heterocycles. The van der Waals surface area contributed by atoms with Crippen molar-refractivity contribution in [2.24, 2.45) is 5.73 Å². The molecule has 0 aliphatic carbocycles. The normalized spacial score (nSPS) is 18.0. The lowest BCUT2D eigenvalue weighted by Gasteiger charge is -2.18. The zero-order valence-electron chi connectivity index (χ0n) is 16.3. The van der Waals surface area contributed by atoms with Crippen LogP contribution >= 0.6 is 12.4 Å². The van der Waals surface area contributed by atoms with Gasteiger partial charge in [-0.3, -0.25) is 14.4 Å². The van der Waals surface area contributed by atoms with Crippen molar-refractivity contribution in [1.29, 1.82) is 0 Å². The number of anilines is 2. The molecule has 29 heavy (non-hydrogen) atoms. The number of carbonyl (C=O) groups excluding carboxylic acids is 3. The van der Waals surface area contributed by atoms with Crippen LogP contribution in [0, 0.1) is 0 Å². The van der Waals surface area contributed by atoms with Crippen molar-refractivity contribution in [2.45, 2.75) is 25.8 Å². The summed E-state index contributed by atoms with van der Waals surface area (Å²) in [5.41, 5.74) is 8.69. The van der Waals surface area contributed by atoms with Crippen LogP contribution in [0.2, 0.25) is 0 Å². The molecule has 1 heterocycles. The summed E-state index contributed by atoms with van der Waals surface area (Å²) < 4.78 is 0. The maximum atomic E-state index is 13.1. The largest absolute Gasteiger partial charge is 0.336 e. The van der Waals surface area contributed by atoms with Crippen LogP contribution in [0.3, 0.4) is 0 Å². The Morgan fingerprint density at radius 1 is 0.931 bits per heavy atom. The Hall–Kier alpha value is -2.90. The van der Waals surface area contributed by atoms with Crippen molar-refractivity contribution in [3.63, 3.8) is 0 Å². The molecule has 2 aromatic carbocycles. The van der Waals surface area contributed by atoms with E-state index < -0.39 is 0 Å². The highest BCUT2D eigenvalue weighted by Gasteiger charge is 2.34. The molecule has 8 heteroatoms. The number of nitrogens with two attached hydrogens (primary N) is 1. The summed E-state index contributed by atoms with van der Waals surface area (Å²) in [6, 6.07) is 14.6. The SMILES string of the molecule is CC(=O)Nc1cc(NC(C)=O)cc(C(=O)N2C[C@@H](N)[C@H](c3ccccc3)C2)c1.Cl. The number of amides is 3. The molecule has 1 aliphatic heterocycles. The molecule has 0 spiro atoms. The van der Waals surface area contributed by atoms with Crippen LogP contribution in [0.4, 0.5) is 11.4 Å². The smallest absolute Gasteiger partial charge is 0.254 e. The molecule has 0 saturated carbocycles. The van der Waals surface area contributed by atoms with Gasteiger partial charge in [-0.1, -0.05) is 30.3 Å². The van der Waals surface area contributed by atoms with E-state index in [1.165, 1.54) is 13.8 Å². The fourth-order valence-corrected chi connectivity index (χ4v) is 3.53. The number of hydrogen-bond acceptors (Lipinski definition) is 4. The molecule has 3 rings (SSSR count). The van der Waals surface area contributed by atoms with Gasteiger partial charge in [0, 0.05) is 55.8 Å². The highest BCUT2D eigenvalue weighted by atomic mass is 35.5. The molecule has 1 aliphatic rings. The average molecular weight is 417 g/mol. The van der Waals surface area contributed by atoms with Crippen molar-refractivity contribution in [3.05, 3.63) is 59.7 Å². The van der Waals surface area contributed by atoms with Crippen LogP contribution in [-0.4, -0.2) is 41.8 Å². The van der Waals surface area contributed by atoms with Gasteiger partial charge in [0.15, 0.2) is 0 Å². The van der Waals surface area contributed by atoms with E-state index >= 15 is 0 Å². The second-order valence-electron chi connectivity index (χ2n) is 7.05. The third kappa shape index (κ3) is 5.56. The van der Waals surface area contributed by atoms with Crippen LogP contribution in [0.25, 0.3) is 0 Å². The van der Waals surface area contributed by atoms with Crippen molar-refractivity contribution in [1.82, 2.24) is 4.90 Å². The first-order valence-corrected chi connectivity index (χ1v) is 9.13. The molecule has 3 amide bonds. The van der Waals surface area contributed by atoms with Gasteiger partial charge in [0.05, 0.1) is 0 Å². The van der Waals surface area contributed by atoms with Crippen molar-refractivity contribution >= 4 is 41.5 Å². The van der Waals surface area contributed by atoms with Gasteiger partial charge < -0.3 is 21.3 Å². The summed E-state index contributed by atoms with van der Waals surface area (Å²) in [5, 5.41) is 5.32. The first-order valence-electron chi connectivity index (χ1n) is 9.13. The van der Waals surface area contributed by atoms with Gasteiger partial charge in [-0.25, -0.2) is 0 Å². The van der Waals surface area contributed by atoms with E-state index in [9.17, 15) is 14.4 Å². The minimum Gasteiger partial charge on any atom is -0.336 e. The Bertz CT molecular complexity index is 870. The van der Waals surface area contributed by atoms with Gasteiger partial charge in [0.1, 0.15) is 0 Å². The fraction of sp³-hybridized carbons (Fsp3) is 0.286. The van der Waals surface area contributed by atoms with E-state index in [2.05, 4.69) is 10.6 Å². The predicted octanol–water partition coefficient (Wildman–Crippen LogP) is 2.59. The van der Waals surface area contributed by atoms with Crippen LogP contribution in [0.5, 0.6) is 0 Å². The Morgan fingerprint density at radius 2 is 1.48 bits per heavy atom. The van der Waals surface area contributed by atoms with Gasteiger partial charge in [0.2, 0.25) is 11.8 Å². The zero-order chi connectivity index (χ0) is 20.3. The number of nitrogens with zero attached hydrogens (tertiary/aromatic N) is 1. The molecule has 0 unspecified atom stereocenters. The Balaban J connectivity index is 0.00000300. The molecule has 2 aromatic rings. The molecular formula is C21H25ClN4O3. The number of halogens is 1. The van der Waals surface area contributed by atoms with Crippen LogP contribution in [0.1, 0.15) is 35.7 Å². The molecule has 0 bridgehead atoms. The van der Waals surface area contributed by atoms with Crippen molar-refractivity contribution in [3.8, 4) is 0 Å². The fourth-order valence-electron chi connectivity index (χ4n) is 3.53. The lowest BCUT2D eigenvalue weighted by atomic mass is 9.95. The second kappa shape index (κ2) is 9.54. The first-order chi connectivity index (χ1) is 13.3. The minimum absolute atomic E-state index is 0. The lowest BCUT2D eigenvalue weighted by Crippen LogP contribution is -2.32. The number of rotatable bonds is 4.